The molecule has 0 unspecified atom stereocenters. The quantitative estimate of drug-likeness (QED) is 0.686. The number of amides is 2. The second-order valence-corrected chi connectivity index (χ2v) is 2.38. The van der Waals surface area contributed by atoms with Crippen LogP contribution < -0.4 is 10.6 Å². The molecule has 0 radical (unpaired) electrons. The van der Waals surface area contributed by atoms with Gasteiger partial charge in [-0.15, -0.1) is 0 Å². The van der Waals surface area contributed by atoms with E-state index in [4.69, 9.17) is 0 Å². The van der Waals surface area contributed by atoms with Gasteiger partial charge in [0, 0.05) is 19.5 Å². The van der Waals surface area contributed by atoms with Crippen molar-refractivity contribution in [2.45, 2.75) is 13.3 Å². The van der Waals surface area contributed by atoms with Crippen molar-refractivity contribution < 1.29 is 9.32 Å². The standard InChI is InChI=1S/C7H12N4O2/c1-2-8-7(12)9-4-3-6-10-5-13-11-6/h5H,2-4H2,1H3,(H2,8,9,12). The summed E-state index contributed by atoms with van der Waals surface area (Å²) < 4.78 is 4.53. The van der Waals surface area contributed by atoms with Gasteiger partial charge in [-0.25, -0.2) is 4.79 Å². The van der Waals surface area contributed by atoms with Crippen LogP contribution in [0.1, 0.15) is 12.7 Å². The van der Waals surface area contributed by atoms with Crippen LogP contribution in [0.4, 0.5) is 4.79 Å². The third-order valence-corrected chi connectivity index (χ3v) is 1.38. The van der Waals surface area contributed by atoms with E-state index in [-0.39, 0.29) is 6.03 Å². The number of nitrogens with one attached hydrogen (secondary N) is 2. The third-order valence-electron chi connectivity index (χ3n) is 1.38. The summed E-state index contributed by atoms with van der Waals surface area (Å²) in [6.45, 7) is 2.98. The minimum atomic E-state index is -0.175. The zero-order valence-electron chi connectivity index (χ0n) is 7.41. The van der Waals surface area contributed by atoms with Gasteiger partial charge in [-0.3, -0.25) is 0 Å². The Morgan fingerprint density at radius 2 is 2.46 bits per heavy atom. The predicted octanol–water partition coefficient (Wildman–Crippen LogP) is -0.0688. The van der Waals surface area contributed by atoms with Gasteiger partial charge in [-0.1, -0.05) is 5.16 Å². The number of nitrogens with zero attached hydrogens (tertiary/aromatic N) is 2. The summed E-state index contributed by atoms with van der Waals surface area (Å²) in [5, 5.41) is 8.86. The molecule has 0 aliphatic carbocycles. The van der Waals surface area contributed by atoms with E-state index in [9.17, 15) is 4.79 Å². The molecule has 1 aromatic heterocycles. The maximum Gasteiger partial charge on any atom is 0.314 e. The Hall–Kier alpha value is -1.59. The van der Waals surface area contributed by atoms with Gasteiger partial charge in [0.2, 0.25) is 6.39 Å². The lowest BCUT2D eigenvalue weighted by Crippen LogP contribution is -2.36. The van der Waals surface area contributed by atoms with Crippen molar-refractivity contribution in [3.63, 3.8) is 0 Å². The van der Waals surface area contributed by atoms with Gasteiger partial charge in [0.15, 0.2) is 5.82 Å². The van der Waals surface area contributed by atoms with E-state index in [2.05, 4.69) is 25.3 Å². The summed E-state index contributed by atoms with van der Waals surface area (Å²) in [4.78, 5) is 14.7. The van der Waals surface area contributed by atoms with Gasteiger partial charge in [-0.2, -0.15) is 4.98 Å². The Morgan fingerprint density at radius 1 is 1.62 bits per heavy atom. The first-order valence-corrected chi connectivity index (χ1v) is 4.10. The molecule has 1 rings (SSSR count). The molecule has 0 spiro atoms. The fraction of sp³-hybridized carbons (Fsp3) is 0.571. The lowest BCUT2D eigenvalue weighted by atomic mass is 10.4. The van der Waals surface area contributed by atoms with Gasteiger partial charge in [0.25, 0.3) is 0 Å². The van der Waals surface area contributed by atoms with Crippen molar-refractivity contribution in [1.82, 2.24) is 20.8 Å². The first-order valence-electron chi connectivity index (χ1n) is 4.10. The number of carbonyl (C=O) groups excluding carboxylic acids is 1. The fourth-order valence-electron chi connectivity index (χ4n) is 0.813. The van der Waals surface area contributed by atoms with Crippen LogP contribution in [-0.2, 0) is 6.42 Å². The van der Waals surface area contributed by atoms with Gasteiger partial charge in [-0.05, 0) is 6.92 Å². The number of carbonyl (C=O) groups is 1. The summed E-state index contributed by atoms with van der Waals surface area (Å²) in [7, 11) is 0. The molecular formula is C7H12N4O2. The average molecular weight is 184 g/mol. The van der Waals surface area contributed by atoms with Crippen LogP contribution in [0.2, 0.25) is 0 Å². The second-order valence-electron chi connectivity index (χ2n) is 2.38. The molecule has 1 heterocycles. The highest BCUT2D eigenvalue weighted by atomic mass is 16.5. The monoisotopic (exact) mass is 184 g/mol. The number of hydrogen-bond acceptors (Lipinski definition) is 4. The molecule has 0 aliphatic rings. The normalized spacial score (nSPS) is 9.62. The second kappa shape index (κ2) is 5.13. The van der Waals surface area contributed by atoms with E-state index in [1.807, 2.05) is 6.92 Å². The summed E-state index contributed by atoms with van der Waals surface area (Å²) in [6.07, 6.45) is 1.84. The van der Waals surface area contributed by atoms with Crippen molar-refractivity contribution in [2.24, 2.45) is 0 Å². The van der Waals surface area contributed by atoms with Crippen LogP contribution in [0.5, 0.6) is 0 Å². The number of aromatic nitrogens is 2. The molecule has 2 N–H and O–H groups in total. The highest BCUT2D eigenvalue weighted by Crippen LogP contribution is 1.87. The van der Waals surface area contributed by atoms with Crippen molar-refractivity contribution in [1.29, 1.82) is 0 Å². The highest BCUT2D eigenvalue weighted by Gasteiger charge is 2.00. The maximum atomic E-state index is 10.9. The smallest absolute Gasteiger partial charge is 0.314 e. The average Bonchev–Trinajstić information content (AvgIpc) is 2.57. The van der Waals surface area contributed by atoms with Crippen LogP contribution in [0.3, 0.4) is 0 Å². The molecule has 2 amide bonds. The van der Waals surface area contributed by atoms with Crippen molar-refractivity contribution in [3.8, 4) is 0 Å². The number of urea groups is 1. The summed E-state index contributed by atoms with van der Waals surface area (Å²) in [5.74, 6) is 0.594. The summed E-state index contributed by atoms with van der Waals surface area (Å²) in [6, 6.07) is -0.175. The molecule has 1 aromatic rings. The Labute approximate surface area is 75.7 Å². The molecule has 0 saturated carbocycles. The lowest BCUT2D eigenvalue weighted by molar-refractivity contribution is 0.241. The molecule has 0 aromatic carbocycles. The molecule has 13 heavy (non-hydrogen) atoms. The predicted molar refractivity (Wildman–Crippen MR) is 45.1 cm³/mol. The fourth-order valence-corrected chi connectivity index (χ4v) is 0.813. The van der Waals surface area contributed by atoms with Crippen LogP contribution in [0.25, 0.3) is 0 Å². The molecule has 6 nitrogen and oxygen atoms in total. The Morgan fingerprint density at radius 3 is 3.08 bits per heavy atom. The van der Waals surface area contributed by atoms with Gasteiger partial charge in [0.1, 0.15) is 0 Å². The van der Waals surface area contributed by atoms with E-state index in [0.29, 0.717) is 25.3 Å². The van der Waals surface area contributed by atoms with Crippen LogP contribution >= 0.6 is 0 Å². The van der Waals surface area contributed by atoms with E-state index < -0.39 is 0 Å². The van der Waals surface area contributed by atoms with Gasteiger partial charge < -0.3 is 15.2 Å². The van der Waals surface area contributed by atoms with Crippen molar-refractivity contribution >= 4 is 6.03 Å². The molecule has 6 heteroatoms. The first kappa shape index (κ1) is 9.50. The van der Waals surface area contributed by atoms with Crippen molar-refractivity contribution in [3.05, 3.63) is 12.2 Å². The van der Waals surface area contributed by atoms with Crippen LogP contribution in [0, 0.1) is 0 Å². The van der Waals surface area contributed by atoms with Gasteiger partial charge in [0.05, 0.1) is 0 Å². The molecule has 0 saturated heterocycles. The van der Waals surface area contributed by atoms with Gasteiger partial charge >= 0.3 is 6.03 Å². The number of hydrogen-bond donors (Lipinski definition) is 2. The minimum Gasteiger partial charge on any atom is -0.343 e. The zero-order valence-corrected chi connectivity index (χ0v) is 7.41. The third kappa shape index (κ3) is 3.55. The molecule has 0 bridgehead atoms. The van der Waals surface area contributed by atoms with E-state index in [0.717, 1.165) is 0 Å². The molecule has 0 atom stereocenters. The Kier molecular flexibility index (Phi) is 3.74. The molecule has 0 fully saturated rings. The number of rotatable bonds is 4. The summed E-state index contributed by atoms with van der Waals surface area (Å²) in [5.41, 5.74) is 0. The van der Waals surface area contributed by atoms with E-state index >= 15 is 0 Å². The van der Waals surface area contributed by atoms with Crippen molar-refractivity contribution in [2.75, 3.05) is 13.1 Å². The van der Waals surface area contributed by atoms with E-state index in [1.54, 1.807) is 0 Å². The first-order chi connectivity index (χ1) is 6.33. The van der Waals surface area contributed by atoms with Crippen LogP contribution in [0.15, 0.2) is 10.9 Å². The maximum absolute atomic E-state index is 10.9. The molecular weight excluding hydrogens is 172 g/mol. The van der Waals surface area contributed by atoms with E-state index in [1.165, 1.54) is 6.39 Å². The highest BCUT2D eigenvalue weighted by molar-refractivity contribution is 5.73. The Balaban J connectivity index is 2.11. The topological polar surface area (TPSA) is 80.0 Å². The zero-order chi connectivity index (χ0) is 9.52. The minimum absolute atomic E-state index is 0.175. The largest absolute Gasteiger partial charge is 0.343 e. The molecule has 72 valence electrons. The van der Waals surface area contributed by atoms with Crippen LogP contribution in [-0.4, -0.2) is 29.3 Å². The lowest BCUT2D eigenvalue weighted by Gasteiger charge is -2.02. The summed E-state index contributed by atoms with van der Waals surface area (Å²) >= 11 is 0. The Bertz CT molecular complexity index is 247. The SMILES string of the molecule is CCNC(=O)NCCc1ncon1. The molecule has 0 aliphatic heterocycles.